The molecule has 0 spiro atoms. The van der Waals surface area contributed by atoms with Crippen LogP contribution in [0.2, 0.25) is 0 Å². The lowest BCUT2D eigenvalue weighted by Crippen LogP contribution is -2.46. The number of hydrogen-bond acceptors (Lipinski definition) is 2. The third-order valence-corrected chi connectivity index (χ3v) is 2.52. The van der Waals surface area contributed by atoms with Gasteiger partial charge in [0.2, 0.25) is 0 Å². The highest BCUT2D eigenvalue weighted by Gasteiger charge is 2.29. The van der Waals surface area contributed by atoms with E-state index < -0.39 is 11.6 Å². The van der Waals surface area contributed by atoms with Crippen LogP contribution in [0, 0.1) is 6.92 Å². The van der Waals surface area contributed by atoms with Gasteiger partial charge in [0.15, 0.2) is 0 Å². The Hall–Kier alpha value is -1.10. The molecule has 1 heterocycles. The smallest absolute Gasteiger partial charge is 0.413 e. The van der Waals surface area contributed by atoms with Gasteiger partial charge < -0.3 is 5.11 Å². The number of carbonyl (C=O) groups is 1. The molecular formula is C11H15BrN2O2. The van der Waals surface area contributed by atoms with Crippen molar-refractivity contribution >= 4 is 27.8 Å². The van der Waals surface area contributed by atoms with Crippen LogP contribution in [-0.2, 0) is 0 Å². The molecule has 1 amide bonds. The van der Waals surface area contributed by atoms with Crippen LogP contribution in [0.25, 0.3) is 0 Å². The van der Waals surface area contributed by atoms with E-state index in [1.165, 1.54) is 4.90 Å². The van der Waals surface area contributed by atoms with Gasteiger partial charge in [-0.1, -0.05) is 0 Å². The summed E-state index contributed by atoms with van der Waals surface area (Å²) in [6.07, 6.45) is 0.606. The van der Waals surface area contributed by atoms with Crippen LogP contribution in [0.4, 0.5) is 10.6 Å². The van der Waals surface area contributed by atoms with E-state index in [9.17, 15) is 9.90 Å². The molecule has 0 fully saturated rings. The van der Waals surface area contributed by atoms with Crippen LogP contribution in [0.5, 0.6) is 0 Å². The summed E-state index contributed by atoms with van der Waals surface area (Å²) in [6, 6.07) is 1.85. The number of anilines is 1. The van der Waals surface area contributed by atoms with Gasteiger partial charge in [0.05, 0.1) is 0 Å². The van der Waals surface area contributed by atoms with Crippen molar-refractivity contribution in [1.29, 1.82) is 0 Å². The van der Waals surface area contributed by atoms with Crippen molar-refractivity contribution in [3.05, 3.63) is 22.3 Å². The molecule has 0 bridgehead atoms. The summed E-state index contributed by atoms with van der Waals surface area (Å²) in [4.78, 5) is 16.7. The molecule has 1 aromatic heterocycles. The van der Waals surface area contributed by atoms with Gasteiger partial charge in [0, 0.05) is 16.2 Å². The lowest BCUT2D eigenvalue weighted by Gasteiger charge is -2.33. The Kier molecular flexibility index (Phi) is 3.57. The van der Waals surface area contributed by atoms with Gasteiger partial charge in [-0.2, -0.15) is 0 Å². The molecule has 0 saturated heterocycles. The lowest BCUT2D eigenvalue weighted by molar-refractivity contribution is 0.195. The van der Waals surface area contributed by atoms with Gasteiger partial charge >= 0.3 is 6.09 Å². The number of nitrogens with zero attached hydrogens (tertiary/aromatic N) is 2. The molecule has 16 heavy (non-hydrogen) atoms. The minimum absolute atomic E-state index is 0.475. The number of amides is 1. The average molecular weight is 287 g/mol. The summed E-state index contributed by atoms with van der Waals surface area (Å²) in [5.74, 6) is 0.475. The maximum Gasteiger partial charge on any atom is 0.413 e. The van der Waals surface area contributed by atoms with Crippen LogP contribution in [0.15, 0.2) is 16.7 Å². The van der Waals surface area contributed by atoms with Gasteiger partial charge in [-0.25, -0.2) is 9.78 Å². The molecule has 1 N–H and O–H groups in total. The van der Waals surface area contributed by atoms with Crippen molar-refractivity contribution in [3.8, 4) is 0 Å². The molecule has 0 saturated carbocycles. The molecule has 0 atom stereocenters. The van der Waals surface area contributed by atoms with Crippen molar-refractivity contribution in [3.63, 3.8) is 0 Å². The van der Waals surface area contributed by atoms with Crippen LogP contribution < -0.4 is 4.90 Å². The zero-order valence-electron chi connectivity index (χ0n) is 9.78. The quantitative estimate of drug-likeness (QED) is 0.860. The Labute approximate surface area is 103 Å². The summed E-state index contributed by atoms with van der Waals surface area (Å²) in [5, 5.41) is 9.23. The van der Waals surface area contributed by atoms with E-state index in [0.29, 0.717) is 5.82 Å². The maximum absolute atomic E-state index is 11.3. The molecule has 0 aliphatic rings. The Morgan fingerprint density at radius 3 is 2.44 bits per heavy atom. The van der Waals surface area contributed by atoms with Crippen molar-refractivity contribution in [2.45, 2.75) is 33.2 Å². The molecule has 88 valence electrons. The maximum atomic E-state index is 11.3. The first-order valence-electron chi connectivity index (χ1n) is 4.89. The van der Waals surface area contributed by atoms with E-state index >= 15 is 0 Å². The molecular weight excluding hydrogens is 272 g/mol. The van der Waals surface area contributed by atoms with Crippen LogP contribution in [-0.4, -0.2) is 21.7 Å². The van der Waals surface area contributed by atoms with Crippen LogP contribution >= 0.6 is 15.9 Å². The number of hydrogen-bond donors (Lipinski definition) is 1. The second-order valence-corrected chi connectivity index (χ2v) is 5.50. The Bertz CT molecular complexity index is 413. The third-order valence-electron chi connectivity index (χ3n) is 2.09. The molecule has 0 aliphatic heterocycles. The van der Waals surface area contributed by atoms with Gasteiger partial charge in [-0.15, -0.1) is 0 Å². The summed E-state index contributed by atoms with van der Waals surface area (Å²) in [7, 11) is 0. The summed E-state index contributed by atoms with van der Waals surface area (Å²) < 4.78 is 0.841. The van der Waals surface area contributed by atoms with E-state index in [0.717, 1.165) is 10.0 Å². The molecule has 1 rings (SSSR count). The number of rotatable bonds is 1. The molecule has 0 radical (unpaired) electrons. The molecule has 5 heteroatoms. The van der Waals surface area contributed by atoms with E-state index in [4.69, 9.17) is 0 Å². The summed E-state index contributed by atoms with van der Waals surface area (Å²) in [5.41, 5.74) is 0.309. The highest BCUT2D eigenvalue weighted by molar-refractivity contribution is 9.10. The van der Waals surface area contributed by atoms with Gasteiger partial charge in [-0.3, -0.25) is 4.90 Å². The van der Waals surface area contributed by atoms with E-state index in [1.807, 2.05) is 33.8 Å². The number of halogens is 1. The zero-order chi connectivity index (χ0) is 12.5. The standard InChI is InChI=1S/C11H15BrN2O2/c1-7-5-8(12)6-13-9(7)14(10(15)16)11(2,3)4/h5-6H,1-4H3,(H,15,16). The van der Waals surface area contributed by atoms with E-state index in [2.05, 4.69) is 20.9 Å². The molecule has 0 aliphatic carbocycles. The summed E-state index contributed by atoms with van der Waals surface area (Å²) in [6.45, 7) is 7.35. The first kappa shape index (κ1) is 13.0. The van der Waals surface area contributed by atoms with Crippen molar-refractivity contribution in [2.75, 3.05) is 4.90 Å². The lowest BCUT2D eigenvalue weighted by atomic mass is 10.1. The Balaban J connectivity index is 3.28. The van der Waals surface area contributed by atoms with Crippen LogP contribution in [0.1, 0.15) is 26.3 Å². The fraction of sp³-hybridized carbons (Fsp3) is 0.455. The third kappa shape index (κ3) is 2.72. The SMILES string of the molecule is Cc1cc(Br)cnc1N(C(=O)O)C(C)(C)C. The second-order valence-electron chi connectivity index (χ2n) is 4.58. The number of aryl methyl sites for hydroxylation is 1. The van der Waals surface area contributed by atoms with E-state index in [1.54, 1.807) is 6.20 Å². The second kappa shape index (κ2) is 4.41. The van der Waals surface area contributed by atoms with Crippen molar-refractivity contribution in [1.82, 2.24) is 4.98 Å². The fourth-order valence-corrected chi connectivity index (χ4v) is 1.91. The largest absolute Gasteiger partial charge is 0.465 e. The van der Waals surface area contributed by atoms with Gasteiger partial charge in [0.1, 0.15) is 5.82 Å². The topological polar surface area (TPSA) is 53.4 Å². The van der Waals surface area contributed by atoms with E-state index in [-0.39, 0.29) is 0 Å². The number of carboxylic acid groups (broad SMARTS) is 1. The molecule has 4 nitrogen and oxygen atoms in total. The minimum Gasteiger partial charge on any atom is -0.465 e. The van der Waals surface area contributed by atoms with Gasteiger partial charge in [-0.05, 0) is 55.3 Å². The predicted molar refractivity (Wildman–Crippen MR) is 66.9 cm³/mol. The molecule has 0 aromatic carbocycles. The Morgan fingerprint density at radius 2 is 2.06 bits per heavy atom. The fourth-order valence-electron chi connectivity index (χ4n) is 1.46. The minimum atomic E-state index is -0.995. The average Bonchev–Trinajstić information content (AvgIpc) is 2.06. The first-order valence-corrected chi connectivity index (χ1v) is 5.68. The van der Waals surface area contributed by atoms with Gasteiger partial charge in [0.25, 0.3) is 0 Å². The predicted octanol–water partition coefficient (Wildman–Crippen LogP) is 3.44. The number of aromatic nitrogens is 1. The highest BCUT2D eigenvalue weighted by atomic mass is 79.9. The normalized spacial score (nSPS) is 11.3. The van der Waals surface area contributed by atoms with Crippen molar-refractivity contribution in [2.24, 2.45) is 0 Å². The first-order chi connectivity index (χ1) is 7.23. The number of pyridine rings is 1. The summed E-state index contributed by atoms with van der Waals surface area (Å²) >= 11 is 3.30. The molecule has 1 aromatic rings. The highest BCUT2D eigenvalue weighted by Crippen LogP contribution is 2.26. The van der Waals surface area contributed by atoms with Crippen LogP contribution in [0.3, 0.4) is 0 Å². The van der Waals surface area contributed by atoms with Crippen molar-refractivity contribution < 1.29 is 9.90 Å². The monoisotopic (exact) mass is 286 g/mol. The zero-order valence-corrected chi connectivity index (χ0v) is 11.4. The molecule has 0 unspecified atom stereocenters. The Morgan fingerprint density at radius 1 is 1.50 bits per heavy atom.